The Kier molecular flexibility index (Phi) is 6.24. The highest BCUT2D eigenvalue weighted by molar-refractivity contribution is 6.24. The third kappa shape index (κ3) is 3.79. The number of benzene rings is 2. The van der Waals surface area contributed by atoms with Crippen molar-refractivity contribution in [3.05, 3.63) is 75.8 Å². The van der Waals surface area contributed by atoms with E-state index in [0.29, 0.717) is 5.56 Å². The van der Waals surface area contributed by atoms with Crippen LogP contribution in [0.4, 0.5) is 0 Å². The van der Waals surface area contributed by atoms with Crippen LogP contribution in [0.5, 0.6) is 5.75 Å². The lowest BCUT2D eigenvalue weighted by Crippen LogP contribution is -2.63. The number of aromatic hydroxyl groups is 1. The van der Waals surface area contributed by atoms with E-state index in [-0.39, 0.29) is 35.1 Å². The van der Waals surface area contributed by atoms with Crippen LogP contribution in [0.15, 0.2) is 59.1 Å². The lowest BCUT2D eigenvalue weighted by atomic mass is 9.58. The Labute approximate surface area is 232 Å². The number of phenols is 1. The van der Waals surface area contributed by atoms with Gasteiger partial charge in [-0.15, -0.1) is 0 Å². The lowest BCUT2D eigenvalue weighted by Gasteiger charge is -2.50. The minimum Gasteiger partial charge on any atom is -0.510 e. The van der Waals surface area contributed by atoms with Gasteiger partial charge in [0.2, 0.25) is 5.78 Å². The van der Waals surface area contributed by atoms with Crippen molar-refractivity contribution in [3.8, 4) is 16.9 Å². The van der Waals surface area contributed by atoms with E-state index in [1.54, 1.807) is 20.2 Å². The number of phenolic OH excluding ortho intramolecular Hbond substituents is 1. The van der Waals surface area contributed by atoms with Crippen LogP contribution in [0, 0.1) is 11.8 Å². The van der Waals surface area contributed by atoms with Crippen molar-refractivity contribution in [2.75, 3.05) is 14.1 Å². The van der Waals surface area contributed by atoms with E-state index in [9.17, 15) is 34.8 Å². The minimum atomic E-state index is -2.65. The second-order valence-electron chi connectivity index (χ2n) is 12.3. The fourth-order valence-electron chi connectivity index (χ4n) is 6.67. The second-order valence-corrected chi connectivity index (χ2v) is 12.3. The summed E-state index contributed by atoms with van der Waals surface area (Å²) in [7, 11) is 3.20. The van der Waals surface area contributed by atoms with Crippen molar-refractivity contribution in [3.63, 3.8) is 0 Å². The van der Waals surface area contributed by atoms with Crippen molar-refractivity contribution < 1.29 is 34.8 Å². The molecular weight excluding hydrogens is 512 g/mol. The highest BCUT2D eigenvalue weighted by Gasteiger charge is 2.63. The van der Waals surface area contributed by atoms with Gasteiger partial charge in [0.05, 0.1) is 11.6 Å². The first kappa shape index (κ1) is 27.6. The number of carbonyl (C=O) groups is 3. The van der Waals surface area contributed by atoms with E-state index in [2.05, 4.69) is 20.8 Å². The van der Waals surface area contributed by atoms with Crippen molar-refractivity contribution in [1.29, 1.82) is 0 Å². The van der Waals surface area contributed by atoms with Gasteiger partial charge in [-0.1, -0.05) is 51.1 Å². The first-order valence-electron chi connectivity index (χ1n) is 13.2. The van der Waals surface area contributed by atoms with Gasteiger partial charge in [-0.2, -0.15) is 0 Å². The van der Waals surface area contributed by atoms with Gasteiger partial charge in [0.15, 0.2) is 11.4 Å². The number of rotatable bonds is 3. The Hall–Kier alpha value is -3.95. The molecule has 0 aliphatic heterocycles. The molecule has 0 radical (unpaired) electrons. The van der Waals surface area contributed by atoms with Crippen LogP contribution in [0.1, 0.15) is 48.7 Å². The smallest absolute Gasteiger partial charge is 0.255 e. The van der Waals surface area contributed by atoms with E-state index in [1.807, 2.05) is 24.3 Å². The number of fused-ring (bicyclic) bond motifs is 3. The minimum absolute atomic E-state index is 0.00169. The van der Waals surface area contributed by atoms with Gasteiger partial charge in [-0.25, -0.2) is 0 Å². The van der Waals surface area contributed by atoms with Crippen LogP contribution < -0.4 is 5.73 Å². The average molecular weight is 547 g/mol. The van der Waals surface area contributed by atoms with Crippen LogP contribution in [0.25, 0.3) is 11.1 Å². The van der Waals surface area contributed by atoms with Gasteiger partial charge in [-0.05, 0) is 66.6 Å². The predicted molar refractivity (Wildman–Crippen MR) is 148 cm³/mol. The van der Waals surface area contributed by atoms with Gasteiger partial charge in [0.25, 0.3) is 5.91 Å². The molecule has 3 aliphatic carbocycles. The summed E-state index contributed by atoms with van der Waals surface area (Å²) in [5.74, 6) is -6.62. The molecule has 0 bridgehead atoms. The molecule has 40 heavy (non-hydrogen) atoms. The molecule has 0 heterocycles. The zero-order valence-corrected chi connectivity index (χ0v) is 23.1. The second kappa shape index (κ2) is 9.04. The van der Waals surface area contributed by atoms with Crippen molar-refractivity contribution in [2.24, 2.45) is 17.6 Å². The van der Waals surface area contributed by atoms with Crippen LogP contribution >= 0.6 is 0 Å². The molecule has 2 aromatic rings. The van der Waals surface area contributed by atoms with Gasteiger partial charge < -0.3 is 26.2 Å². The molecule has 210 valence electrons. The molecule has 4 atom stereocenters. The molecule has 0 saturated heterocycles. The molecule has 0 saturated carbocycles. The summed E-state index contributed by atoms with van der Waals surface area (Å²) in [5, 5.41) is 44.8. The zero-order chi connectivity index (χ0) is 29.5. The number of aliphatic hydroxyl groups is 3. The number of amides is 1. The third-order valence-corrected chi connectivity index (χ3v) is 8.67. The molecule has 2 unspecified atom stereocenters. The number of nitrogens with two attached hydrogens (primary N) is 1. The SMILES string of the molecule is CN(C)[C@@H]1C(O)=C(C(N)=O)C(=O)[C@@]2(O)C(O)=C3C(=O)c4c(O)ccc(-c5ccc(C(C)(C)C)cc5)c4CC3CC12. The van der Waals surface area contributed by atoms with Crippen LogP contribution in [-0.2, 0) is 21.4 Å². The maximum atomic E-state index is 13.9. The van der Waals surface area contributed by atoms with Gasteiger partial charge in [0.1, 0.15) is 22.8 Å². The Morgan fingerprint density at radius 3 is 2.20 bits per heavy atom. The topological polar surface area (TPSA) is 161 Å². The Balaban J connectivity index is 1.68. The van der Waals surface area contributed by atoms with E-state index in [0.717, 1.165) is 16.7 Å². The quantitative estimate of drug-likeness (QED) is 0.367. The summed E-state index contributed by atoms with van der Waals surface area (Å²) in [6.45, 7) is 6.35. The Morgan fingerprint density at radius 1 is 1.02 bits per heavy atom. The van der Waals surface area contributed by atoms with Crippen LogP contribution in [0.3, 0.4) is 0 Å². The highest BCUT2D eigenvalue weighted by Crippen LogP contribution is 2.53. The number of likely N-dealkylation sites (N-methyl/N-ethyl adjacent to an activating group) is 1. The monoisotopic (exact) mass is 546 g/mol. The van der Waals surface area contributed by atoms with Crippen molar-refractivity contribution in [1.82, 2.24) is 4.90 Å². The molecule has 5 rings (SSSR count). The molecular formula is C31H34N2O7. The zero-order valence-electron chi connectivity index (χ0n) is 23.1. The van der Waals surface area contributed by atoms with E-state index in [4.69, 9.17) is 5.73 Å². The van der Waals surface area contributed by atoms with Crippen molar-refractivity contribution in [2.45, 2.75) is 50.7 Å². The van der Waals surface area contributed by atoms with Gasteiger partial charge in [0, 0.05) is 11.5 Å². The Morgan fingerprint density at radius 2 is 1.65 bits per heavy atom. The molecule has 0 fully saturated rings. The maximum Gasteiger partial charge on any atom is 0.255 e. The molecule has 9 heteroatoms. The number of hydrogen-bond donors (Lipinski definition) is 5. The van der Waals surface area contributed by atoms with Gasteiger partial charge >= 0.3 is 0 Å². The number of allylic oxidation sites excluding steroid dienone is 1. The molecule has 0 aromatic heterocycles. The predicted octanol–water partition coefficient (Wildman–Crippen LogP) is 3.09. The number of hydrogen-bond acceptors (Lipinski definition) is 8. The number of aliphatic hydroxyl groups excluding tert-OH is 2. The maximum absolute atomic E-state index is 13.9. The number of primary amides is 1. The first-order valence-corrected chi connectivity index (χ1v) is 13.2. The molecule has 6 N–H and O–H groups in total. The van der Waals surface area contributed by atoms with E-state index < -0.39 is 58.0 Å². The molecule has 2 aromatic carbocycles. The number of Topliss-reactive ketones (excluding diaryl/α,β-unsaturated/α-hetero) is 2. The van der Waals surface area contributed by atoms with Crippen LogP contribution in [-0.4, -0.2) is 68.5 Å². The largest absolute Gasteiger partial charge is 0.510 e. The molecule has 9 nitrogen and oxygen atoms in total. The van der Waals surface area contributed by atoms with E-state index in [1.165, 1.54) is 11.0 Å². The standard InChI is InChI=1S/C31H34N2O7/c1-30(2,3)16-8-6-14(7-9-16)17-10-11-20(34)22-18(17)12-15-13-19-24(33(4)5)26(36)23(29(32)39)28(38)31(19,40)27(37)21(15)25(22)35/h6-11,15,19,24,34,36-37,40H,12-13H2,1-5H3,(H2,32,39)/t15?,19?,24-,31-/m0/s1. The molecule has 1 amide bonds. The first-order chi connectivity index (χ1) is 18.6. The Bertz CT molecular complexity index is 1530. The third-order valence-electron chi connectivity index (χ3n) is 8.67. The fourth-order valence-corrected chi connectivity index (χ4v) is 6.67. The van der Waals surface area contributed by atoms with Crippen LogP contribution in [0.2, 0.25) is 0 Å². The molecule has 0 spiro atoms. The summed E-state index contributed by atoms with van der Waals surface area (Å²) in [6.07, 6.45) is 0.281. The fraction of sp³-hybridized carbons (Fsp3) is 0.387. The average Bonchev–Trinajstić information content (AvgIpc) is 2.85. The van der Waals surface area contributed by atoms with E-state index >= 15 is 0 Å². The van der Waals surface area contributed by atoms with Gasteiger partial charge in [-0.3, -0.25) is 19.3 Å². The number of carbonyl (C=O) groups excluding carboxylic acids is 3. The summed E-state index contributed by atoms with van der Waals surface area (Å²) >= 11 is 0. The van der Waals surface area contributed by atoms with Crippen molar-refractivity contribution >= 4 is 17.5 Å². The molecule has 3 aliphatic rings. The summed E-state index contributed by atoms with van der Waals surface area (Å²) in [4.78, 5) is 41.0. The number of ketones is 2. The lowest BCUT2D eigenvalue weighted by molar-refractivity contribution is -0.148. The number of nitrogens with zero attached hydrogens (tertiary/aromatic N) is 1. The highest BCUT2D eigenvalue weighted by atomic mass is 16.3. The summed E-state index contributed by atoms with van der Waals surface area (Å²) in [6, 6.07) is 10.1. The summed E-state index contributed by atoms with van der Waals surface area (Å²) in [5.41, 5.74) is 5.03. The summed E-state index contributed by atoms with van der Waals surface area (Å²) < 4.78 is 0. The normalized spacial score (nSPS) is 26.5.